The van der Waals surface area contributed by atoms with E-state index in [0.717, 1.165) is 15.2 Å². The molecule has 0 aliphatic carbocycles. The van der Waals surface area contributed by atoms with Crippen LogP contribution in [0.15, 0.2) is 48.5 Å². The number of benzene rings is 2. The molecular weight excluding hydrogens is 353 g/mol. The first-order valence-electron chi connectivity index (χ1n) is 8.22. The first kappa shape index (κ1) is 18.1. The van der Waals surface area contributed by atoms with E-state index in [1.54, 1.807) is 35.6 Å². The van der Waals surface area contributed by atoms with Gasteiger partial charge in [-0.3, -0.25) is 0 Å². The van der Waals surface area contributed by atoms with Gasteiger partial charge in [0.1, 0.15) is 24.0 Å². The van der Waals surface area contributed by atoms with Gasteiger partial charge in [0, 0.05) is 11.8 Å². The van der Waals surface area contributed by atoms with Gasteiger partial charge >= 0.3 is 6.03 Å². The second-order valence-corrected chi connectivity index (χ2v) is 7.29. The number of carbonyl (C=O) groups is 1. The number of fused-ring (bicyclic) bond motifs is 1. The lowest BCUT2D eigenvalue weighted by Gasteiger charge is -2.24. The molecule has 2 N–H and O–H groups in total. The Morgan fingerprint density at radius 2 is 2.04 bits per heavy atom. The Morgan fingerprint density at radius 1 is 1.23 bits per heavy atom. The Labute approximate surface area is 155 Å². The third-order valence-corrected chi connectivity index (χ3v) is 5.05. The monoisotopic (exact) mass is 373 g/mol. The van der Waals surface area contributed by atoms with Gasteiger partial charge in [-0.15, -0.1) is 11.3 Å². The van der Waals surface area contributed by atoms with Crippen molar-refractivity contribution in [2.24, 2.45) is 0 Å². The van der Waals surface area contributed by atoms with Crippen molar-refractivity contribution in [3.63, 3.8) is 0 Å². The van der Waals surface area contributed by atoms with E-state index in [1.165, 1.54) is 0 Å². The zero-order chi connectivity index (χ0) is 18.6. The lowest BCUT2D eigenvalue weighted by Crippen LogP contribution is -2.43. The largest absolute Gasteiger partial charge is 0.491 e. The molecule has 136 valence electrons. The van der Waals surface area contributed by atoms with Crippen molar-refractivity contribution < 1.29 is 13.9 Å². The van der Waals surface area contributed by atoms with Gasteiger partial charge in [-0.05, 0) is 38.1 Å². The first-order valence-corrected chi connectivity index (χ1v) is 9.03. The number of aromatic nitrogens is 1. The minimum Gasteiger partial charge on any atom is -0.491 e. The molecule has 26 heavy (non-hydrogen) atoms. The van der Waals surface area contributed by atoms with Crippen molar-refractivity contribution >= 4 is 33.3 Å². The third-order valence-electron chi connectivity index (χ3n) is 3.69. The van der Waals surface area contributed by atoms with E-state index < -0.39 is 12.2 Å². The molecule has 0 aliphatic heterocycles. The zero-order valence-corrected chi connectivity index (χ0v) is 15.4. The van der Waals surface area contributed by atoms with Gasteiger partial charge in [0.25, 0.3) is 0 Å². The summed E-state index contributed by atoms with van der Waals surface area (Å²) < 4.78 is 18.5. The maximum Gasteiger partial charge on any atom is 0.319 e. The van der Waals surface area contributed by atoms with E-state index in [1.807, 2.05) is 38.1 Å². The minimum absolute atomic E-state index is 0.0136. The fraction of sp³-hybridized carbons (Fsp3) is 0.263. The van der Waals surface area contributed by atoms with Crippen LogP contribution in [0, 0.1) is 0 Å². The number of hydrogen-bond donors (Lipinski definition) is 2. The van der Waals surface area contributed by atoms with Crippen LogP contribution in [0.5, 0.6) is 5.75 Å². The average molecular weight is 373 g/mol. The van der Waals surface area contributed by atoms with Crippen LogP contribution in [-0.4, -0.2) is 24.3 Å². The van der Waals surface area contributed by atoms with Gasteiger partial charge in [-0.2, -0.15) is 0 Å². The van der Waals surface area contributed by atoms with Crippen LogP contribution in [-0.2, 0) is 5.54 Å². The van der Waals surface area contributed by atoms with Crippen molar-refractivity contribution in [1.29, 1.82) is 0 Å². The highest BCUT2D eigenvalue weighted by Gasteiger charge is 2.26. The molecule has 0 saturated carbocycles. The SMILES string of the molecule is CC(C)(NC(=O)Nc1cccc(OCCF)c1)c1nc2ccccc2s1. The van der Waals surface area contributed by atoms with Gasteiger partial charge in [0.2, 0.25) is 0 Å². The summed E-state index contributed by atoms with van der Waals surface area (Å²) in [6.45, 7) is 3.24. The van der Waals surface area contributed by atoms with E-state index in [9.17, 15) is 9.18 Å². The summed E-state index contributed by atoms with van der Waals surface area (Å²) in [5.41, 5.74) is 0.857. The Balaban J connectivity index is 1.68. The molecule has 0 radical (unpaired) electrons. The van der Waals surface area contributed by atoms with Gasteiger partial charge in [0.15, 0.2) is 0 Å². The molecule has 0 unspecified atom stereocenters. The van der Waals surface area contributed by atoms with Crippen molar-refractivity contribution in [1.82, 2.24) is 10.3 Å². The van der Waals surface area contributed by atoms with Gasteiger partial charge in [0.05, 0.1) is 15.8 Å². The smallest absolute Gasteiger partial charge is 0.319 e. The highest BCUT2D eigenvalue weighted by Crippen LogP contribution is 2.29. The summed E-state index contributed by atoms with van der Waals surface area (Å²) in [5.74, 6) is 0.505. The standard InChI is InChI=1S/C19H20FN3O2S/c1-19(2,17-22-15-8-3-4-9-16(15)26-17)23-18(24)21-13-6-5-7-14(12-13)25-11-10-20/h3-9,12H,10-11H2,1-2H3,(H2,21,23,24). The molecule has 2 amide bonds. The molecule has 5 nitrogen and oxygen atoms in total. The highest BCUT2D eigenvalue weighted by molar-refractivity contribution is 7.18. The maximum atomic E-state index is 12.4. The van der Waals surface area contributed by atoms with Gasteiger partial charge in [-0.1, -0.05) is 18.2 Å². The van der Waals surface area contributed by atoms with Crippen LogP contribution in [0.4, 0.5) is 14.9 Å². The highest BCUT2D eigenvalue weighted by atomic mass is 32.1. The number of alkyl halides is 1. The number of para-hydroxylation sites is 1. The molecule has 1 heterocycles. The van der Waals surface area contributed by atoms with Crippen molar-refractivity contribution in [3.8, 4) is 5.75 Å². The normalized spacial score (nSPS) is 11.3. The molecule has 0 spiro atoms. The van der Waals surface area contributed by atoms with Gasteiger partial charge in [-0.25, -0.2) is 14.2 Å². The fourth-order valence-electron chi connectivity index (χ4n) is 2.46. The quantitative estimate of drug-likeness (QED) is 0.658. The number of thiazole rings is 1. The van der Waals surface area contributed by atoms with E-state index in [-0.39, 0.29) is 12.6 Å². The predicted octanol–water partition coefficient (Wildman–Crippen LogP) is 4.70. The molecular formula is C19H20FN3O2S. The summed E-state index contributed by atoms with van der Waals surface area (Å²) in [6.07, 6.45) is 0. The Bertz CT molecular complexity index is 877. The molecule has 3 rings (SSSR count). The topological polar surface area (TPSA) is 63.2 Å². The van der Waals surface area contributed by atoms with Crippen LogP contribution in [0.1, 0.15) is 18.9 Å². The van der Waals surface area contributed by atoms with E-state index in [2.05, 4.69) is 15.6 Å². The summed E-state index contributed by atoms with van der Waals surface area (Å²) in [5, 5.41) is 6.54. The second-order valence-electron chi connectivity index (χ2n) is 6.26. The Kier molecular flexibility index (Phi) is 5.37. The van der Waals surface area contributed by atoms with Crippen LogP contribution in [0.3, 0.4) is 0 Å². The minimum atomic E-state index is -0.629. The number of urea groups is 1. The van der Waals surface area contributed by atoms with Crippen LogP contribution in [0.25, 0.3) is 10.2 Å². The van der Waals surface area contributed by atoms with Crippen LogP contribution < -0.4 is 15.4 Å². The number of carbonyl (C=O) groups excluding carboxylic acids is 1. The Hall–Kier alpha value is -2.67. The number of halogens is 1. The van der Waals surface area contributed by atoms with Crippen molar-refractivity contribution in [2.75, 3.05) is 18.6 Å². The number of amides is 2. The molecule has 3 aromatic rings. The molecule has 7 heteroatoms. The summed E-state index contributed by atoms with van der Waals surface area (Å²) in [7, 11) is 0. The fourth-order valence-corrected chi connectivity index (χ4v) is 3.48. The van der Waals surface area contributed by atoms with Gasteiger partial charge < -0.3 is 15.4 Å². The van der Waals surface area contributed by atoms with E-state index in [0.29, 0.717) is 11.4 Å². The molecule has 0 bridgehead atoms. The predicted molar refractivity (Wildman–Crippen MR) is 103 cm³/mol. The van der Waals surface area contributed by atoms with E-state index in [4.69, 9.17) is 4.74 Å². The Morgan fingerprint density at radius 3 is 2.81 bits per heavy atom. The van der Waals surface area contributed by atoms with Crippen LogP contribution in [0.2, 0.25) is 0 Å². The summed E-state index contributed by atoms with van der Waals surface area (Å²) in [6, 6.07) is 14.4. The van der Waals surface area contributed by atoms with E-state index >= 15 is 0 Å². The number of ether oxygens (including phenoxy) is 1. The lowest BCUT2D eigenvalue weighted by atomic mass is 10.1. The maximum absolute atomic E-state index is 12.4. The number of nitrogens with zero attached hydrogens (tertiary/aromatic N) is 1. The van der Waals surface area contributed by atoms with Crippen LogP contribution >= 0.6 is 11.3 Å². The first-order chi connectivity index (χ1) is 12.5. The zero-order valence-electron chi connectivity index (χ0n) is 14.6. The summed E-state index contributed by atoms with van der Waals surface area (Å²) in [4.78, 5) is 17.0. The molecule has 1 aromatic heterocycles. The number of anilines is 1. The number of nitrogens with one attached hydrogen (secondary N) is 2. The van der Waals surface area contributed by atoms with Crippen molar-refractivity contribution in [2.45, 2.75) is 19.4 Å². The molecule has 0 saturated heterocycles. The molecule has 0 aliphatic rings. The number of hydrogen-bond acceptors (Lipinski definition) is 4. The summed E-state index contributed by atoms with van der Waals surface area (Å²) >= 11 is 1.55. The van der Waals surface area contributed by atoms with Crippen molar-refractivity contribution in [3.05, 3.63) is 53.5 Å². The second kappa shape index (κ2) is 7.70. The average Bonchev–Trinajstić information content (AvgIpc) is 3.05. The molecule has 0 fully saturated rings. The molecule has 0 atom stereocenters. The molecule has 2 aromatic carbocycles. The number of rotatable bonds is 6. The third kappa shape index (κ3) is 4.29. The lowest BCUT2D eigenvalue weighted by molar-refractivity contribution is 0.242.